The highest BCUT2D eigenvalue weighted by Gasteiger charge is 2.04. The maximum Gasteiger partial charge on any atom is 0.191 e. The van der Waals surface area contributed by atoms with E-state index in [0.717, 1.165) is 38.6 Å². The first kappa shape index (κ1) is 22.4. The molecule has 0 aliphatic rings. The smallest absolute Gasteiger partial charge is 0.191 e. The van der Waals surface area contributed by atoms with Crippen LogP contribution in [0.15, 0.2) is 47.7 Å². The quantitative estimate of drug-likeness (QED) is 0.256. The Labute approximate surface area is 173 Å². The summed E-state index contributed by atoms with van der Waals surface area (Å²) < 4.78 is 7.47. The second-order valence-corrected chi connectivity index (χ2v) is 6.10. The number of guanidine groups is 1. The summed E-state index contributed by atoms with van der Waals surface area (Å²) in [5.74, 6) is 0.804. The van der Waals surface area contributed by atoms with Gasteiger partial charge in [-0.1, -0.05) is 24.3 Å². The molecule has 0 atom stereocenters. The Morgan fingerprint density at radius 3 is 2.62 bits per heavy atom. The molecule has 1 heterocycles. The third kappa shape index (κ3) is 8.18. The summed E-state index contributed by atoms with van der Waals surface area (Å²) >= 11 is 0. The lowest BCUT2D eigenvalue weighted by Gasteiger charge is -2.15. The van der Waals surface area contributed by atoms with E-state index in [2.05, 4.69) is 58.8 Å². The third-order valence-electron chi connectivity index (χ3n) is 3.74. The topological polar surface area (TPSA) is 63.5 Å². The zero-order valence-corrected chi connectivity index (χ0v) is 18.1. The summed E-state index contributed by atoms with van der Waals surface area (Å²) in [5, 5.41) is 11.0. The number of hydrogen-bond donors (Lipinski definition) is 2. The predicted octanol–water partition coefficient (Wildman–Crippen LogP) is 3.03. The van der Waals surface area contributed by atoms with E-state index in [1.165, 1.54) is 11.1 Å². The lowest BCUT2D eigenvalue weighted by Crippen LogP contribution is -2.37. The SMILES string of the molecule is CN=C(NCCCOC(C)C)NCc1ccccc1Cn1cccn1.I. The maximum atomic E-state index is 5.54. The van der Waals surface area contributed by atoms with Crippen LogP contribution >= 0.6 is 24.0 Å². The van der Waals surface area contributed by atoms with Crippen LogP contribution in [0, 0.1) is 0 Å². The molecule has 1 aromatic carbocycles. The van der Waals surface area contributed by atoms with Gasteiger partial charge in [-0.25, -0.2) is 0 Å². The van der Waals surface area contributed by atoms with Crippen LogP contribution in [0.2, 0.25) is 0 Å². The van der Waals surface area contributed by atoms with Crippen molar-refractivity contribution in [2.75, 3.05) is 20.2 Å². The fourth-order valence-electron chi connectivity index (χ4n) is 2.45. The van der Waals surface area contributed by atoms with Crippen molar-refractivity contribution >= 4 is 29.9 Å². The van der Waals surface area contributed by atoms with Gasteiger partial charge in [0.2, 0.25) is 0 Å². The fraction of sp³-hybridized carbons (Fsp3) is 0.474. The van der Waals surface area contributed by atoms with Gasteiger partial charge in [-0.15, -0.1) is 24.0 Å². The van der Waals surface area contributed by atoms with Gasteiger partial charge in [-0.3, -0.25) is 9.67 Å². The van der Waals surface area contributed by atoms with E-state index in [0.29, 0.717) is 0 Å². The highest BCUT2D eigenvalue weighted by Crippen LogP contribution is 2.10. The number of aliphatic imine (C=N–C) groups is 1. The Bertz CT molecular complexity index is 643. The van der Waals surface area contributed by atoms with Gasteiger partial charge in [-0.05, 0) is 37.5 Å². The lowest BCUT2D eigenvalue weighted by atomic mass is 10.1. The van der Waals surface area contributed by atoms with Crippen LogP contribution in [-0.4, -0.2) is 42.0 Å². The van der Waals surface area contributed by atoms with E-state index < -0.39 is 0 Å². The summed E-state index contributed by atoms with van der Waals surface area (Å²) in [6.45, 7) is 7.18. The van der Waals surface area contributed by atoms with E-state index in [9.17, 15) is 0 Å². The molecule has 7 heteroatoms. The van der Waals surface area contributed by atoms with Crippen molar-refractivity contribution < 1.29 is 4.74 Å². The molecule has 2 N–H and O–H groups in total. The van der Waals surface area contributed by atoms with Crippen molar-refractivity contribution in [2.24, 2.45) is 4.99 Å². The molecule has 6 nitrogen and oxygen atoms in total. The first-order chi connectivity index (χ1) is 12.2. The molecule has 26 heavy (non-hydrogen) atoms. The molecule has 1 aromatic heterocycles. The van der Waals surface area contributed by atoms with Crippen molar-refractivity contribution in [1.29, 1.82) is 0 Å². The molecule has 2 aromatic rings. The van der Waals surface area contributed by atoms with Crippen molar-refractivity contribution in [3.8, 4) is 0 Å². The van der Waals surface area contributed by atoms with Crippen LogP contribution in [0.25, 0.3) is 0 Å². The second-order valence-electron chi connectivity index (χ2n) is 6.10. The second kappa shape index (κ2) is 12.7. The Morgan fingerprint density at radius 1 is 1.19 bits per heavy atom. The molecular weight excluding hydrogens is 441 g/mol. The van der Waals surface area contributed by atoms with Gasteiger partial charge in [0.05, 0.1) is 12.6 Å². The molecule has 0 spiro atoms. The number of benzene rings is 1. The van der Waals surface area contributed by atoms with Gasteiger partial charge in [-0.2, -0.15) is 5.10 Å². The van der Waals surface area contributed by atoms with Crippen molar-refractivity contribution in [3.63, 3.8) is 0 Å². The van der Waals surface area contributed by atoms with E-state index >= 15 is 0 Å². The number of hydrogen-bond acceptors (Lipinski definition) is 3. The van der Waals surface area contributed by atoms with Crippen LogP contribution in [-0.2, 0) is 17.8 Å². The molecule has 2 rings (SSSR count). The van der Waals surface area contributed by atoms with Crippen LogP contribution in [0.5, 0.6) is 0 Å². The number of halogens is 1. The molecule has 0 unspecified atom stereocenters. The van der Waals surface area contributed by atoms with Crippen LogP contribution < -0.4 is 10.6 Å². The van der Waals surface area contributed by atoms with Gasteiger partial charge in [0, 0.05) is 39.1 Å². The lowest BCUT2D eigenvalue weighted by molar-refractivity contribution is 0.0776. The average molecular weight is 471 g/mol. The summed E-state index contributed by atoms with van der Waals surface area (Å²) in [5.41, 5.74) is 2.49. The number of aromatic nitrogens is 2. The van der Waals surface area contributed by atoms with Crippen LogP contribution in [0.4, 0.5) is 0 Å². The average Bonchev–Trinajstić information content (AvgIpc) is 3.11. The zero-order valence-electron chi connectivity index (χ0n) is 15.8. The molecule has 0 saturated carbocycles. The standard InChI is InChI=1S/C19H29N5O.HI/c1-16(2)25-13-7-10-21-19(20-3)22-14-17-8-4-5-9-18(17)15-24-12-6-11-23-24;/h4-6,8-9,11-12,16H,7,10,13-15H2,1-3H3,(H2,20,21,22);1H. The largest absolute Gasteiger partial charge is 0.379 e. The third-order valence-corrected chi connectivity index (χ3v) is 3.74. The van der Waals surface area contributed by atoms with Crippen LogP contribution in [0.1, 0.15) is 31.4 Å². The minimum absolute atomic E-state index is 0. The molecule has 0 amide bonds. The predicted molar refractivity (Wildman–Crippen MR) is 117 cm³/mol. The number of ether oxygens (including phenoxy) is 1. The van der Waals surface area contributed by atoms with Crippen molar-refractivity contribution in [3.05, 3.63) is 53.9 Å². The van der Waals surface area contributed by atoms with Gasteiger partial charge in [0.15, 0.2) is 5.96 Å². The molecule has 0 aliphatic heterocycles. The summed E-state index contributed by atoms with van der Waals surface area (Å²) in [7, 11) is 1.79. The van der Waals surface area contributed by atoms with Crippen molar-refractivity contribution in [1.82, 2.24) is 20.4 Å². The Hall–Kier alpha value is -1.61. The fourth-order valence-corrected chi connectivity index (χ4v) is 2.45. The maximum absolute atomic E-state index is 5.54. The monoisotopic (exact) mass is 471 g/mol. The highest BCUT2D eigenvalue weighted by atomic mass is 127. The van der Waals surface area contributed by atoms with E-state index in [1.54, 1.807) is 13.2 Å². The molecular formula is C19H30IN5O. The zero-order chi connectivity index (χ0) is 17.9. The van der Waals surface area contributed by atoms with Gasteiger partial charge >= 0.3 is 0 Å². The minimum Gasteiger partial charge on any atom is -0.379 e. The Balaban J connectivity index is 0.00000338. The van der Waals surface area contributed by atoms with E-state index in [-0.39, 0.29) is 30.1 Å². The molecule has 0 radical (unpaired) electrons. The molecule has 0 bridgehead atoms. The molecule has 0 saturated heterocycles. The van der Waals surface area contributed by atoms with Crippen LogP contribution in [0.3, 0.4) is 0 Å². The Kier molecular flexibility index (Phi) is 11.0. The molecule has 0 aliphatic carbocycles. The minimum atomic E-state index is 0. The van der Waals surface area contributed by atoms with Gasteiger partial charge in [0.1, 0.15) is 0 Å². The normalized spacial score (nSPS) is 11.3. The summed E-state index contributed by atoms with van der Waals surface area (Å²) in [4.78, 5) is 4.28. The van der Waals surface area contributed by atoms with E-state index in [1.807, 2.05) is 16.9 Å². The Morgan fingerprint density at radius 2 is 1.96 bits per heavy atom. The summed E-state index contributed by atoms with van der Waals surface area (Å²) in [6.07, 6.45) is 5.01. The first-order valence-electron chi connectivity index (χ1n) is 8.79. The number of nitrogens with zero attached hydrogens (tertiary/aromatic N) is 3. The first-order valence-corrected chi connectivity index (χ1v) is 8.79. The van der Waals surface area contributed by atoms with Crippen molar-refractivity contribution in [2.45, 2.75) is 39.5 Å². The molecule has 144 valence electrons. The summed E-state index contributed by atoms with van der Waals surface area (Å²) in [6, 6.07) is 10.3. The van der Waals surface area contributed by atoms with E-state index in [4.69, 9.17) is 4.74 Å². The highest BCUT2D eigenvalue weighted by molar-refractivity contribution is 14.0. The molecule has 0 fully saturated rings. The number of nitrogens with one attached hydrogen (secondary N) is 2. The van der Waals surface area contributed by atoms with Gasteiger partial charge < -0.3 is 15.4 Å². The number of rotatable bonds is 9. The van der Waals surface area contributed by atoms with Gasteiger partial charge in [0.25, 0.3) is 0 Å².